The Morgan fingerprint density at radius 3 is 2.31 bits per heavy atom. The molecule has 0 N–H and O–H groups in total. The second-order valence-corrected chi connectivity index (χ2v) is 5.40. The standard InChI is InChI=1S/C14H30N2/c1-4-6-10-16(9-5-2)13-14-7-11-15(3)12-8-14/h14H,4-13H2,1-3H3. The van der Waals surface area contributed by atoms with Crippen LogP contribution in [-0.2, 0) is 0 Å². The van der Waals surface area contributed by atoms with Gasteiger partial charge >= 0.3 is 0 Å². The second-order valence-electron chi connectivity index (χ2n) is 5.40. The van der Waals surface area contributed by atoms with Gasteiger partial charge < -0.3 is 9.80 Å². The first-order valence-corrected chi connectivity index (χ1v) is 7.17. The lowest BCUT2D eigenvalue weighted by molar-refractivity contribution is 0.159. The van der Waals surface area contributed by atoms with Crippen LogP contribution in [0.15, 0.2) is 0 Å². The van der Waals surface area contributed by atoms with E-state index in [2.05, 4.69) is 30.7 Å². The Kier molecular flexibility index (Phi) is 7.06. The Labute approximate surface area is 102 Å². The average Bonchev–Trinajstić information content (AvgIpc) is 2.29. The van der Waals surface area contributed by atoms with E-state index >= 15 is 0 Å². The van der Waals surface area contributed by atoms with Gasteiger partial charge in [0.1, 0.15) is 0 Å². The highest BCUT2D eigenvalue weighted by Gasteiger charge is 2.18. The molecule has 0 amide bonds. The number of hydrogen-bond acceptors (Lipinski definition) is 2. The van der Waals surface area contributed by atoms with E-state index in [0.717, 1.165) is 5.92 Å². The van der Waals surface area contributed by atoms with E-state index in [-0.39, 0.29) is 0 Å². The van der Waals surface area contributed by atoms with Crippen molar-refractivity contribution in [3.63, 3.8) is 0 Å². The molecule has 0 aliphatic carbocycles. The fraction of sp³-hybridized carbons (Fsp3) is 1.00. The summed E-state index contributed by atoms with van der Waals surface area (Å²) < 4.78 is 0. The van der Waals surface area contributed by atoms with Crippen LogP contribution in [-0.4, -0.2) is 49.6 Å². The molecule has 1 rings (SSSR count). The van der Waals surface area contributed by atoms with Crippen LogP contribution in [0, 0.1) is 5.92 Å². The summed E-state index contributed by atoms with van der Waals surface area (Å²) in [7, 11) is 2.25. The van der Waals surface area contributed by atoms with Crippen molar-refractivity contribution in [2.45, 2.75) is 46.0 Å². The van der Waals surface area contributed by atoms with Crippen molar-refractivity contribution in [2.75, 3.05) is 39.8 Å². The van der Waals surface area contributed by atoms with E-state index in [4.69, 9.17) is 0 Å². The first-order chi connectivity index (χ1) is 7.76. The largest absolute Gasteiger partial charge is 0.306 e. The second kappa shape index (κ2) is 8.08. The lowest BCUT2D eigenvalue weighted by Crippen LogP contribution is -2.37. The van der Waals surface area contributed by atoms with Gasteiger partial charge in [0.15, 0.2) is 0 Å². The maximum Gasteiger partial charge on any atom is 0.00106 e. The van der Waals surface area contributed by atoms with Gasteiger partial charge in [-0.2, -0.15) is 0 Å². The third kappa shape index (κ3) is 5.31. The number of piperidine rings is 1. The van der Waals surface area contributed by atoms with Crippen molar-refractivity contribution in [1.82, 2.24) is 9.80 Å². The van der Waals surface area contributed by atoms with Crippen LogP contribution in [0.1, 0.15) is 46.0 Å². The highest BCUT2D eigenvalue weighted by molar-refractivity contribution is 4.73. The van der Waals surface area contributed by atoms with Gasteiger partial charge in [0.05, 0.1) is 0 Å². The van der Waals surface area contributed by atoms with Crippen LogP contribution < -0.4 is 0 Å². The third-order valence-electron chi connectivity index (χ3n) is 3.72. The highest BCUT2D eigenvalue weighted by atomic mass is 15.1. The van der Waals surface area contributed by atoms with Crippen LogP contribution >= 0.6 is 0 Å². The molecule has 1 aliphatic rings. The minimum Gasteiger partial charge on any atom is -0.306 e. The predicted octanol–water partition coefficient (Wildman–Crippen LogP) is 2.84. The first kappa shape index (κ1) is 14.0. The van der Waals surface area contributed by atoms with Crippen LogP contribution in [0.2, 0.25) is 0 Å². The first-order valence-electron chi connectivity index (χ1n) is 7.17. The summed E-state index contributed by atoms with van der Waals surface area (Å²) in [6.07, 6.45) is 6.81. The molecule has 1 aliphatic heterocycles. The summed E-state index contributed by atoms with van der Waals surface area (Å²) >= 11 is 0. The molecule has 0 atom stereocenters. The van der Waals surface area contributed by atoms with E-state index in [0.29, 0.717) is 0 Å². The topological polar surface area (TPSA) is 6.48 Å². The van der Waals surface area contributed by atoms with Crippen molar-refractivity contribution < 1.29 is 0 Å². The van der Waals surface area contributed by atoms with Crippen molar-refractivity contribution in [1.29, 1.82) is 0 Å². The SMILES string of the molecule is CCCCN(CCC)CC1CCN(C)CC1. The predicted molar refractivity (Wildman–Crippen MR) is 71.9 cm³/mol. The van der Waals surface area contributed by atoms with E-state index in [1.807, 2.05) is 0 Å². The molecule has 96 valence electrons. The van der Waals surface area contributed by atoms with Crippen LogP contribution in [0.4, 0.5) is 0 Å². The zero-order valence-corrected chi connectivity index (χ0v) is 11.5. The van der Waals surface area contributed by atoms with Gasteiger partial charge in [-0.15, -0.1) is 0 Å². The number of hydrogen-bond donors (Lipinski definition) is 0. The molecule has 2 heteroatoms. The number of unbranched alkanes of at least 4 members (excludes halogenated alkanes) is 1. The van der Waals surface area contributed by atoms with Gasteiger partial charge in [-0.1, -0.05) is 20.3 Å². The van der Waals surface area contributed by atoms with Gasteiger partial charge in [-0.25, -0.2) is 0 Å². The van der Waals surface area contributed by atoms with Crippen LogP contribution in [0.5, 0.6) is 0 Å². The molecular formula is C14H30N2. The Balaban J connectivity index is 2.24. The Morgan fingerprint density at radius 1 is 1.06 bits per heavy atom. The fourth-order valence-electron chi connectivity index (χ4n) is 2.60. The number of rotatable bonds is 7. The zero-order chi connectivity index (χ0) is 11.8. The Morgan fingerprint density at radius 2 is 1.75 bits per heavy atom. The quantitative estimate of drug-likeness (QED) is 0.658. The molecule has 0 aromatic rings. The molecular weight excluding hydrogens is 196 g/mol. The molecule has 1 fully saturated rings. The molecule has 0 bridgehead atoms. The van der Waals surface area contributed by atoms with Gasteiger partial charge in [-0.05, 0) is 64.8 Å². The Bertz CT molecular complexity index is 162. The summed E-state index contributed by atoms with van der Waals surface area (Å²) in [5.74, 6) is 0.958. The summed E-state index contributed by atoms with van der Waals surface area (Å²) in [5.41, 5.74) is 0. The summed E-state index contributed by atoms with van der Waals surface area (Å²) in [6.45, 7) is 11.2. The molecule has 16 heavy (non-hydrogen) atoms. The van der Waals surface area contributed by atoms with Crippen LogP contribution in [0.3, 0.4) is 0 Å². The van der Waals surface area contributed by atoms with E-state index < -0.39 is 0 Å². The normalized spacial score (nSPS) is 19.5. The van der Waals surface area contributed by atoms with Gasteiger partial charge in [-0.3, -0.25) is 0 Å². The molecule has 0 radical (unpaired) electrons. The third-order valence-corrected chi connectivity index (χ3v) is 3.72. The van der Waals surface area contributed by atoms with E-state index in [1.54, 1.807) is 0 Å². The monoisotopic (exact) mass is 226 g/mol. The van der Waals surface area contributed by atoms with Crippen molar-refractivity contribution in [3.8, 4) is 0 Å². The molecule has 0 saturated carbocycles. The molecule has 1 heterocycles. The minimum absolute atomic E-state index is 0.958. The average molecular weight is 226 g/mol. The summed E-state index contributed by atoms with van der Waals surface area (Å²) in [5, 5.41) is 0. The van der Waals surface area contributed by atoms with Crippen molar-refractivity contribution >= 4 is 0 Å². The van der Waals surface area contributed by atoms with Crippen molar-refractivity contribution in [2.24, 2.45) is 5.92 Å². The minimum atomic E-state index is 0.958. The molecule has 1 saturated heterocycles. The lowest BCUT2D eigenvalue weighted by Gasteiger charge is -2.33. The number of likely N-dealkylation sites (tertiary alicyclic amines) is 1. The zero-order valence-electron chi connectivity index (χ0n) is 11.5. The van der Waals surface area contributed by atoms with E-state index in [9.17, 15) is 0 Å². The highest BCUT2D eigenvalue weighted by Crippen LogP contribution is 2.17. The summed E-state index contributed by atoms with van der Waals surface area (Å²) in [6, 6.07) is 0. The van der Waals surface area contributed by atoms with Gasteiger partial charge in [0.2, 0.25) is 0 Å². The fourth-order valence-corrected chi connectivity index (χ4v) is 2.60. The lowest BCUT2D eigenvalue weighted by atomic mass is 9.96. The van der Waals surface area contributed by atoms with Crippen LogP contribution in [0.25, 0.3) is 0 Å². The maximum absolute atomic E-state index is 2.69. The molecule has 0 aromatic carbocycles. The summed E-state index contributed by atoms with van der Waals surface area (Å²) in [4.78, 5) is 5.16. The molecule has 0 spiro atoms. The van der Waals surface area contributed by atoms with Gasteiger partial charge in [0, 0.05) is 6.54 Å². The maximum atomic E-state index is 2.69. The smallest absolute Gasteiger partial charge is 0.00106 e. The van der Waals surface area contributed by atoms with Gasteiger partial charge in [0.25, 0.3) is 0 Å². The van der Waals surface area contributed by atoms with E-state index in [1.165, 1.54) is 64.8 Å². The molecule has 0 aromatic heterocycles. The Hall–Kier alpha value is -0.0800. The van der Waals surface area contributed by atoms with Crippen molar-refractivity contribution in [3.05, 3.63) is 0 Å². The molecule has 2 nitrogen and oxygen atoms in total. The number of nitrogens with zero attached hydrogens (tertiary/aromatic N) is 2. The molecule has 0 unspecified atom stereocenters.